The molecule has 6 heteroatoms. The molecular formula is C23H24N4O2. The Morgan fingerprint density at radius 1 is 0.862 bits per heavy atom. The molecule has 1 aliphatic rings. The van der Waals surface area contributed by atoms with Gasteiger partial charge in [0.05, 0.1) is 0 Å². The summed E-state index contributed by atoms with van der Waals surface area (Å²) in [5, 5.41) is 5.02. The summed E-state index contributed by atoms with van der Waals surface area (Å²) in [7, 11) is 0. The van der Waals surface area contributed by atoms with E-state index >= 15 is 0 Å². The highest BCUT2D eigenvalue weighted by atomic mass is 16.2. The fourth-order valence-electron chi connectivity index (χ4n) is 3.65. The van der Waals surface area contributed by atoms with Crippen LogP contribution in [-0.2, 0) is 9.59 Å². The lowest BCUT2D eigenvalue weighted by molar-refractivity contribution is -0.133. The van der Waals surface area contributed by atoms with Crippen LogP contribution in [0.4, 0.5) is 11.5 Å². The van der Waals surface area contributed by atoms with Crippen molar-refractivity contribution in [2.24, 2.45) is 0 Å². The molecule has 1 aromatic heterocycles. The van der Waals surface area contributed by atoms with Gasteiger partial charge >= 0.3 is 0 Å². The van der Waals surface area contributed by atoms with Crippen LogP contribution in [-0.4, -0.2) is 47.9 Å². The summed E-state index contributed by atoms with van der Waals surface area (Å²) >= 11 is 0. The van der Waals surface area contributed by atoms with Crippen molar-refractivity contribution in [3.05, 3.63) is 66.9 Å². The molecule has 0 radical (unpaired) electrons. The van der Waals surface area contributed by atoms with Crippen LogP contribution >= 0.6 is 0 Å². The number of hydrogen-bond acceptors (Lipinski definition) is 4. The zero-order valence-electron chi connectivity index (χ0n) is 16.3. The molecule has 0 atom stereocenters. The molecule has 0 bridgehead atoms. The molecule has 0 saturated carbocycles. The van der Waals surface area contributed by atoms with E-state index in [9.17, 15) is 9.59 Å². The number of pyridine rings is 1. The number of nitrogens with one attached hydrogen (secondary N) is 1. The number of anilines is 2. The third-order valence-electron chi connectivity index (χ3n) is 5.24. The van der Waals surface area contributed by atoms with E-state index in [1.54, 1.807) is 6.20 Å². The third kappa shape index (κ3) is 4.54. The van der Waals surface area contributed by atoms with Crippen LogP contribution in [0.25, 0.3) is 10.8 Å². The van der Waals surface area contributed by atoms with Crippen LogP contribution in [0.1, 0.15) is 12.8 Å². The number of fused-ring (bicyclic) bond motifs is 1. The lowest BCUT2D eigenvalue weighted by atomic mass is 10.1. The summed E-state index contributed by atoms with van der Waals surface area (Å²) in [5.74, 6) is 0.828. The molecular weight excluding hydrogens is 364 g/mol. The van der Waals surface area contributed by atoms with Crippen molar-refractivity contribution in [2.75, 3.05) is 36.4 Å². The number of carbonyl (C=O) groups is 2. The summed E-state index contributed by atoms with van der Waals surface area (Å²) in [6.07, 6.45) is 2.18. The fourth-order valence-corrected chi connectivity index (χ4v) is 3.65. The SMILES string of the molecule is O=C(CCC(=O)N1CCN(c2ccccn2)CC1)Nc1cccc2ccccc12. The zero-order chi connectivity index (χ0) is 20.1. The normalized spacial score (nSPS) is 14.1. The van der Waals surface area contributed by atoms with Crippen molar-refractivity contribution in [3.63, 3.8) is 0 Å². The van der Waals surface area contributed by atoms with Gasteiger partial charge in [0.15, 0.2) is 0 Å². The number of benzene rings is 2. The van der Waals surface area contributed by atoms with Gasteiger partial charge in [0.2, 0.25) is 11.8 Å². The molecule has 1 aliphatic heterocycles. The number of hydrogen-bond donors (Lipinski definition) is 1. The summed E-state index contributed by atoms with van der Waals surface area (Å²) in [5.41, 5.74) is 0.782. The van der Waals surface area contributed by atoms with Crippen molar-refractivity contribution < 1.29 is 9.59 Å². The lowest BCUT2D eigenvalue weighted by Gasteiger charge is -2.35. The first kappa shape index (κ1) is 18.9. The van der Waals surface area contributed by atoms with Crippen LogP contribution in [0.3, 0.4) is 0 Å². The molecule has 4 rings (SSSR count). The predicted molar refractivity (Wildman–Crippen MR) is 115 cm³/mol. The van der Waals surface area contributed by atoms with Crippen molar-refractivity contribution in [3.8, 4) is 0 Å². The average Bonchev–Trinajstić information content (AvgIpc) is 2.78. The van der Waals surface area contributed by atoms with E-state index in [0.29, 0.717) is 13.1 Å². The maximum atomic E-state index is 12.5. The van der Waals surface area contributed by atoms with Gasteiger partial charge < -0.3 is 15.1 Å². The summed E-state index contributed by atoms with van der Waals surface area (Å²) < 4.78 is 0. The van der Waals surface area contributed by atoms with Crippen LogP contribution < -0.4 is 10.2 Å². The summed E-state index contributed by atoms with van der Waals surface area (Å²) in [4.78, 5) is 33.3. The number of rotatable bonds is 5. The van der Waals surface area contributed by atoms with Crippen molar-refractivity contribution >= 4 is 34.1 Å². The van der Waals surface area contributed by atoms with E-state index in [1.807, 2.05) is 65.6 Å². The molecule has 0 spiro atoms. The van der Waals surface area contributed by atoms with E-state index in [1.165, 1.54) is 0 Å². The maximum Gasteiger partial charge on any atom is 0.224 e. The van der Waals surface area contributed by atoms with Crippen LogP contribution in [0, 0.1) is 0 Å². The molecule has 1 fully saturated rings. The minimum Gasteiger partial charge on any atom is -0.353 e. The minimum atomic E-state index is -0.137. The second kappa shape index (κ2) is 8.73. The molecule has 6 nitrogen and oxygen atoms in total. The van der Waals surface area contributed by atoms with Gasteiger partial charge in [-0.3, -0.25) is 9.59 Å². The Labute approximate surface area is 170 Å². The van der Waals surface area contributed by atoms with Gasteiger partial charge in [0, 0.05) is 56.3 Å². The third-order valence-corrected chi connectivity index (χ3v) is 5.24. The van der Waals surface area contributed by atoms with Gasteiger partial charge in [-0.1, -0.05) is 42.5 Å². The molecule has 0 aliphatic carbocycles. The zero-order valence-corrected chi connectivity index (χ0v) is 16.3. The Kier molecular flexibility index (Phi) is 5.70. The largest absolute Gasteiger partial charge is 0.353 e. The molecule has 2 amide bonds. The van der Waals surface area contributed by atoms with Crippen molar-refractivity contribution in [1.29, 1.82) is 0 Å². The first-order valence-corrected chi connectivity index (χ1v) is 9.92. The Hall–Kier alpha value is -3.41. The molecule has 29 heavy (non-hydrogen) atoms. The number of amides is 2. The molecule has 0 unspecified atom stereocenters. The van der Waals surface area contributed by atoms with Gasteiger partial charge in [-0.2, -0.15) is 0 Å². The van der Waals surface area contributed by atoms with Gasteiger partial charge in [-0.15, -0.1) is 0 Å². The topological polar surface area (TPSA) is 65.5 Å². The number of piperazine rings is 1. The first-order chi connectivity index (χ1) is 14.2. The number of aromatic nitrogens is 1. The van der Waals surface area contributed by atoms with E-state index in [-0.39, 0.29) is 24.7 Å². The highest BCUT2D eigenvalue weighted by Gasteiger charge is 2.22. The molecule has 148 valence electrons. The molecule has 2 heterocycles. The van der Waals surface area contributed by atoms with E-state index < -0.39 is 0 Å². The van der Waals surface area contributed by atoms with Gasteiger partial charge in [0.25, 0.3) is 0 Å². The Bertz CT molecular complexity index is 993. The Morgan fingerprint density at radius 2 is 1.62 bits per heavy atom. The Balaban J connectivity index is 1.27. The first-order valence-electron chi connectivity index (χ1n) is 9.92. The molecule has 2 aromatic carbocycles. The predicted octanol–water partition coefficient (Wildman–Crippen LogP) is 3.30. The summed E-state index contributed by atoms with van der Waals surface area (Å²) in [6, 6.07) is 19.6. The lowest BCUT2D eigenvalue weighted by Crippen LogP contribution is -2.49. The average molecular weight is 388 g/mol. The Morgan fingerprint density at radius 3 is 2.41 bits per heavy atom. The maximum absolute atomic E-state index is 12.5. The van der Waals surface area contributed by atoms with E-state index in [0.717, 1.165) is 35.4 Å². The van der Waals surface area contributed by atoms with Crippen LogP contribution in [0.5, 0.6) is 0 Å². The van der Waals surface area contributed by atoms with E-state index in [2.05, 4.69) is 15.2 Å². The quantitative estimate of drug-likeness (QED) is 0.728. The fraction of sp³-hybridized carbons (Fsp3) is 0.261. The van der Waals surface area contributed by atoms with Gasteiger partial charge in [0.1, 0.15) is 5.82 Å². The second-order valence-electron chi connectivity index (χ2n) is 7.13. The molecule has 1 N–H and O–H groups in total. The highest BCUT2D eigenvalue weighted by molar-refractivity contribution is 6.02. The van der Waals surface area contributed by atoms with Gasteiger partial charge in [-0.25, -0.2) is 4.98 Å². The standard InChI is InChI=1S/C23H24N4O2/c28-22(25-20-9-5-7-18-6-1-2-8-19(18)20)11-12-23(29)27-16-14-26(15-17-27)21-10-3-4-13-24-21/h1-10,13H,11-12,14-17H2,(H,25,28). The van der Waals surface area contributed by atoms with E-state index in [4.69, 9.17) is 0 Å². The van der Waals surface area contributed by atoms with Crippen molar-refractivity contribution in [2.45, 2.75) is 12.8 Å². The smallest absolute Gasteiger partial charge is 0.224 e. The minimum absolute atomic E-state index is 0.0266. The van der Waals surface area contributed by atoms with Crippen LogP contribution in [0.15, 0.2) is 66.9 Å². The number of carbonyl (C=O) groups excluding carboxylic acids is 2. The summed E-state index contributed by atoms with van der Waals surface area (Å²) in [6.45, 7) is 2.82. The molecule has 3 aromatic rings. The molecule has 1 saturated heterocycles. The second-order valence-corrected chi connectivity index (χ2v) is 7.13. The number of nitrogens with zero attached hydrogens (tertiary/aromatic N) is 3. The van der Waals surface area contributed by atoms with Gasteiger partial charge in [-0.05, 0) is 23.6 Å². The van der Waals surface area contributed by atoms with Crippen molar-refractivity contribution in [1.82, 2.24) is 9.88 Å². The highest BCUT2D eigenvalue weighted by Crippen LogP contribution is 2.23. The van der Waals surface area contributed by atoms with Crippen LogP contribution in [0.2, 0.25) is 0 Å². The monoisotopic (exact) mass is 388 g/mol.